The largest absolute Gasteiger partial charge is 0.455 e. The Morgan fingerprint density at radius 2 is 1.32 bits per heavy atom. The van der Waals surface area contributed by atoms with E-state index in [0.717, 1.165) is 49.0 Å². The third kappa shape index (κ3) is 3.74. The third-order valence-electron chi connectivity index (χ3n) is 7.70. The van der Waals surface area contributed by atoms with Crippen LogP contribution in [0.5, 0.6) is 0 Å². The lowest BCUT2D eigenvalue weighted by molar-refractivity contribution is 0.357. The molecule has 0 amide bonds. The monoisotopic (exact) mass is 479 g/mol. The molecule has 0 bridgehead atoms. The van der Waals surface area contributed by atoms with E-state index in [1.807, 2.05) is 45.0 Å². The van der Waals surface area contributed by atoms with Crippen molar-refractivity contribution in [3.63, 3.8) is 0 Å². The summed E-state index contributed by atoms with van der Waals surface area (Å²) < 4.78 is 6.67. The second-order valence-corrected chi connectivity index (χ2v) is 11.3. The second-order valence-electron chi connectivity index (χ2n) is 11.3. The minimum Gasteiger partial charge on any atom is -0.455 e. The van der Waals surface area contributed by atoms with Gasteiger partial charge in [0, 0.05) is 27.9 Å². The summed E-state index contributed by atoms with van der Waals surface area (Å²) >= 11 is 0. The van der Waals surface area contributed by atoms with E-state index < -0.39 is 15.7 Å². The zero-order chi connectivity index (χ0) is 27.0. The Balaban J connectivity index is 1.66. The number of rotatable bonds is 3. The fraction of sp³-hybridized carbons (Fsp3) is 0.194. The summed E-state index contributed by atoms with van der Waals surface area (Å²) in [7, 11) is 31.8. The minimum absolute atomic E-state index is 0.385. The van der Waals surface area contributed by atoms with E-state index >= 15 is 0 Å². The van der Waals surface area contributed by atoms with E-state index in [-0.39, 0.29) is 0 Å². The summed E-state index contributed by atoms with van der Waals surface area (Å²) in [6, 6.07) is 24.7. The van der Waals surface area contributed by atoms with Gasteiger partial charge in [0.15, 0.2) is 0 Å². The smallest absolute Gasteiger partial charge is 0.144 e. The first-order chi connectivity index (χ1) is 17.9. The molecule has 0 saturated heterocycles. The highest BCUT2D eigenvalue weighted by Gasteiger charge is 2.37. The van der Waals surface area contributed by atoms with E-state index in [1.54, 1.807) is 6.20 Å². The van der Waals surface area contributed by atoms with Crippen LogP contribution >= 0.6 is 0 Å². The zero-order valence-corrected chi connectivity index (χ0v) is 21.7. The maximum atomic E-state index is 6.71. The Morgan fingerprint density at radius 3 is 2.05 bits per heavy atom. The average Bonchev–Trinajstić information content (AvgIpc) is 3.26. The number of fused-ring (bicyclic) bond motifs is 7. The maximum absolute atomic E-state index is 6.71. The Hall–Kier alpha value is -3.33. The van der Waals surface area contributed by atoms with Crippen LogP contribution in [-0.2, 0) is 10.3 Å². The molecule has 0 aliphatic rings. The van der Waals surface area contributed by atoms with E-state index in [1.165, 1.54) is 0 Å². The summed E-state index contributed by atoms with van der Waals surface area (Å²) in [5, 5.41) is 3.58. The average molecular weight is 479 g/mol. The Kier molecular flexibility index (Phi) is 5.48. The Bertz CT molecular complexity index is 1880. The van der Waals surface area contributed by atoms with Gasteiger partial charge in [-0.05, 0) is 45.3 Å². The topological polar surface area (TPSA) is 26.0 Å². The molecule has 38 heavy (non-hydrogen) atoms. The number of furan rings is 1. The summed E-state index contributed by atoms with van der Waals surface area (Å²) in [6.07, 6.45) is 1.56. The Morgan fingerprint density at radius 1 is 0.658 bits per heavy atom. The van der Waals surface area contributed by atoms with Gasteiger partial charge in [0.2, 0.25) is 0 Å². The maximum Gasteiger partial charge on any atom is 0.144 e. The fourth-order valence-electron chi connectivity index (χ4n) is 5.24. The zero-order valence-electron chi connectivity index (χ0n) is 21.7. The molecule has 0 aliphatic carbocycles. The van der Waals surface area contributed by atoms with Crippen LogP contribution in [0.1, 0.15) is 31.9 Å². The second kappa shape index (κ2) is 8.34. The van der Waals surface area contributed by atoms with Gasteiger partial charge in [-0.25, -0.2) is 0 Å². The lowest BCUT2D eigenvalue weighted by atomic mass is 9.35. The van der Waals surface area contributed by atoms with Crippen LogP contribution in [0.25, 0.3) is 54.7 Å². The molecule has 2 nitrogen and oxygen atoms in total. The van der Waals surface area contributed by atoms with Gasteiger partial charge in [-0.15, -0.1) is 5.11 Å². The highest BCUT2D eigenvalue weighted by atomic mass is 16.3. The number of nitrogens with zero attached hydrogens (tertiary/aromatic N) is 1. The summed E-state index contributed by atoms with van der Waals surface area (Å²) in [5.41, 5.74) is 3.39. The number of pyridine rings is 1. The molecule has 172 valence electrons. The molecule has 0 fully saturated rings. The third-order valence-corrected chi connectivity index (χ3v) is 7.70. The molecule has 6 rings (SSSR count). The number of hydrogen-bond acceptors (Lipinski definition) is 2. The SMILES string of the molecule is [B]C([B])([B])c1cnc(-c2cccc3c2oc2c3ccc3ccc4ccccc4c32)cc1C([B])([B])C(C)(C)C. The first-order valence-electron chi connectivity index (χ1n) is 12.6. The molecule has 2 aromatic heterocycles. The molecule has 0 N–H and O–H groups in total. The van der Waals surface area contributed by atoms with E-state index in [9.17, 15) is 0 Å². The number of para-hydroxylation sites is 1. The molecule has 0 spiro atoms. The molecular weight excluding hydrogens is 456 g/mol. The van der Waals surface area contributed by atoms with E-state index in [4.69, 9.17) is 48.6 Å². The van der Waals surface area contributed by atoms with Crippen LogP contribution in [0.15, 0.2) is 83.4 Å². The molecule has 6 aromatic rings. The van der Waals surface area contributed by atoms with Crippen LogP contribution in [0.4, 0.5) is 0 Å². The van der Waals surface area contributed by atoms with Gasteiger partial charge in [-0.3, -0.25) is 4.98 Å². The lowest BCUT2D eigenvalue weighted by Gasteiger charge is -2.44. The van der Waals surface area contributed by atoms with E-state index in [0.29, 0.717) is 16.8 Å². The summed E-state index contributed by atoms with van der Waals surface area (Å²) in [6.45, 7) is 5.87. The molecule has 0 saturated carbocycles. The van der Waals surface area contributed by atoms with Gasteiger partial charge in [-0.2, -0.15) is 0 Å². The normalized spacial score (nSPS) is 13.1. The molecule has 7 heteroatoms. The number of hydrogen-bond donors (Lipinski definition) is 0. The lowest BCUT2D eigenvalue weighted by Crippen LogP contribution is -2.44. The van der Waals surface area contributed by atoms with Gasteiger partial charge in [-0.1, -0.05) is 86.1 Å². The van der Waals surface area contributed by atoms with Crippen LogP contribution < -0.4 is 0 Å². The highest BCUT2D eigenvalue weighted by molar-refractivity contribution is 6.59. The van der Waals surface area contributed by atoms with Crippen molar-refractivity contribution < 1.29 is 4.42 Å². The van der Waals surface area contributed by atoms with Gasteiger partial charge < -0.3 is 4.42 Å². The van der Waals surface area contributed by atoms with Gasteiger partial charge >= 0.3 is 0 Å². The minimum atomic E-state index is -1.67. The first-order valence-corrected chi connectivity index (χ1v) is 12.6. The van der Waals surface area contributed by atoms with E-state index in [2.05, 4.69) is 48.5 Å². The van der Waals surface area contributed by atoms with Crippen LogP contribution in [0.2, 0.25) is 0 Å². The fourth-order valence-corrected chi connectivity index (χ4v) is 5.24. The molecule has 0 atom stereocenters. The van der Waals surface area contributed by atoms with Crippen molar-refractivity contribution in [1.82, 2.24) is 4.98 Å². The summed E-state index contributed by atoms with van der Waals surface area (Å²) in [5.74, 6) is 0. The molecule has 10 radical (unpaired) electrons. The molecule has 2 heterocycles. The summed E-state index contributed by atoms with van der Waals surface area (Å²) in [4.78, 5) is 4.69. The van der Waals surface area contributed by atoms with Crippen molar-refractivity contribution in [2.45, 2.75) is 31.1 Å². The number of benzene rings is 4. The molecule has 0 unspecified atom stereocenters. The highest BCUT2D eigenvalue weighted by Crippen LogP contribution is 2.43. The van der Waals surface area contributed by atoms with Gasteiger partial charge in [0.05, 0.1) is 44.9 Å². The van der Waals surface area contributed by atoms with Crippen molar-refractivity contribution in [2.75, 3.05) is 0 Å². The van der Waals surface area contributed by atoms with Crippen molar-refractivity contribution >= 4 is 82.7 Å². The number of aromatic nitrogens is 1. The Labute approximate surface area is 229 Å². The predicted molar refractivity (Wildman–Crippen MR) is 164 cm³/mol. The molecule has 0 aliphatic heterocycles. The predicted octanol–water partition coefficient (Wildman–Crippen LogP) is 6.11. The quantitative estimate of drug-likeness (QED) is 0.227. The van der Waals surface area contributed by atoms with Crippen LogP contribution in [-0.4, -0.2) is 44.2 Å². The van der Waals surface area contributed by atoms with Crippen molar-refractivity contribution in [3.05, 3.63) is 90.1 Å². The van der Waals surface area contributed by atoms with Crippen LogP contribution in [0, 0.1) is 5.41 Å². The van der Waals surface area contributed by atoms with Gasteiger partial charge in [0.25, 0.3) is 0 Å². The van der Waals surface area contributed by atoms with Gasteiger partial charge in [0.1, 0.15) is 11.2 Å². The van der Waals surface area contributed by atoms with Crippen molar-refractivity contribution in [1.29, 1.82) is 0 Å². The van der Waals surface area contributed by atoms with Crippen LogP contribution in [0.3, 0.4) is 0 Å². The van der Waals surface area contributed by atoms with Crippen molar-refractivity contribution in [2.24, 2.45) is 5.41 Å². The molecular formula is C31H22B5NO. The first kappa shape index (κ1) is 25.0. The standard InChI is InChI=1S/C31H22B5NO/c1-29(2,3)30(32,33)23-15-25(37-16-24(23)31(34,35)36)22-10-6-9-20-21-14-13-18-12-11-17-7-4-5-8-19(17)26(18)28(21)38-27(20)22/h4-16H,1-3H3. The molecule has 4 aromatic carbocycles. The van der Waals surface area contributed by atoms with Crippen molar-refractivity contribution in [3.8, 4) is 11.3 Å².